The lowest BCUT2D eigenvalue weighted by atomic mass is 9.86. The lowest BCUT2D eigenvalue weighted by molar-refractivity contribution is -0.132. The summed E-state index contributed by atoms with van der Waals surface area (Å²) in [7, 11) is 0. The quantitative estimate of drug-likeness (QED) is 0.824. The Hall–Kier alpha value is -1.22. The van der Waals surface area contributed by atoms with Crippen LogP contribution in [0.15, 0.2) is 18.2 Å². The molecule has 0 N–H and O–H groups in total. The molecule has 1 aromatic rings. The van der Waals surface area contributed by atoms with Gasteiger partial charge in [0.2, 0.25) is 5.91 Å². The van der Waals surface area contributed by atoms with E-state index in [4.69, 9.17) is 11.6 Å². The molecule has 2 aliphatic rings. The third-order valence-electron chi connectivity index (χ3n) is 5.32. The number of hydrogen-bond donors (Lipinski definition) is 0. The molecule has 0 atom stereocenters. The molecule has 1 heterocycles. The Kier molecular flexibility index (Phi) is 5.47. The monoisotopic (exact) mass is 334 g/mol. The van der Waals surface area contributed by atoms with Gasteiger partial charge in [-0.3, -0.25) is 4.79 Å². The maximum Gasteiger partial charge on any atom is 0.222 e. The molecular weight excluding hydrogens is 308 g/mol. The Balaban J connectivity index is 1.52. The number of nitrogens with zero attached hydrogens (tertiary/aromatic N) is 2. The first-order valence-electron chi connectivity index (χ1n) is 8.92. The molecule has 3 rings (SSSR count). The SMILES string of the molecule is Cc1cc(Cl)ccc1N1CCN(C(=O)CC2CCCCC2)CC1. The van der Waals surface area contributed by atoms with Crippen molar-refractivity contribution in [1.29, 1.82) is 0 Å². The number of aryl methyl sites for hydroxylation is 1. The van der Waals surface area contributed by atoms with Crippen molar-refractivity contribution in [2.75, 3.05) is 31.1 Å². The number of carbonyl (C=O) groups excluding carboxylic acids is 1. The Morgan fingerprint density at radius 2 is 1.83 bits per heavy atom. The van der Waals surface area contributed by atoms with Gasteiger partial charge in [-0.05, 0) is 49.4 Å². The summed E-state index contributed by atoms with van der Waals surface area (Å²) in [6, 6.07) is 6.05. The molecule has 0 bridgehead atoms. The molecular formula is C19H27ClN2O. The minimum atomic E-state index is 0.365. The zero-order chi connectivity index (χ0) is 16.2. The molecule has 0 spiro atoms. The topological polar surface area (TPSA) is 23.6 Å². The minimum absolute atomic E-state index is 0.365. The van der Waals surface area contributed by atoms with Gasteiger partial charge < -0.3 is 9.80 Å². The van der Waals surface area contributed by atoms with Crippen LogP contribution in [0.1, 0.15) is 44.1 Å². The fraction of sp³-hybridized carbons (Fsp3) is 0.632. The van der Waals surface area contributed by atoms with Gasteiger partial charge in [0.1, 0.15) is 0 Å². The Bertz CT molecular complexity index is 546. The van der Waals surface area contributed by atoms with Crippen LogP contribution in [0.2, 0.25) is 5.02 Å². The number of carbonyl (C=O) groups is 1. The summed E-state index contributed by atoms with van der Waals surface area (Å²) >= 11 is 6.04. The van der Waals surface area contributed by atoms with Crippen LogP contribution in [0, 0.1) is 12.8 Å². The second-order valence-electron chi connectivity index (χ2n) is 7.01. The van der Waals surface area contributed by atoms with Crippen LogP contribution in [-0.4, -0.2) is 37.0 Å². The molecule has 0 aromatic heterocycles. The molecule has 0 unspecified atom stereocenters. The first-order valence-corrected chi connectivity index (χ1v) is 9.30. The number of benzene rings is 1. The molecule has 1 aliphatic carbocycles. The number of piperazine rings is 1. The van der Waals surface area contributed by atoms with E-state index in [0.29, 0.717) is 11.8 Å². The molecule has 1 aromatic carbocycles. The summed E-state index contributed by atoms with van der Waals surface area (Å²) in [5.74, 6) is 0.997. The molecule has 2 fully saturated rings. The van der Waals surface area contributed by atoms with Crippen LogP contribution < -0.4 is 4.90 Å². The van der Waals surface area contributed by atoms with Crippen LogP contribution in [0.25, 0.3) is 0 Å². The molecule has 126 valence electrons. The second-order valence-corrected chi connectivity index (χ2v) is 7.44. The van der Waals surface area contributed by atoms with Gasteiger partial charge >= 0.3 is 0 Å². The van der Waals surface area contributed by atoms with Gasteiger partial charge in [-0.15, -0.1) is 0 Å². The Morgan fingerprint density at radius 3 is 2.48 bits per heavy atom. The molecule has 23 heavy (non-hydrogen) atoms. The van der Waals surface area contributed by atoms with Gasteiger partial charge in [0.15, 0.2) is 0 Å². The highest BCUT2D eigenvalue weighted by Crippen LogP contribution is 2.28. The number of rotatable bonds is 3. The molecule has 0 radical (unpaired) electrons. The van der Waals surface area contributed by atoms with Crippen molar-refractivity contribution in [1.82, 2.24) is 4.90 Å². The van der Waals surface area contributed by atoms with Gasteiger partial charge in [0.25, 0.3) is 0 Å². The second kappa shape index (κ2) is 7.57. The van der Waals surface area contributed by atoms with Crippen LogP contribution >= 0.6 is 11.6 Å². The van der Waals surface area contributed by atoms with Gasteiger partial charge in [0.05, 0.1) is 0 Å². The van der Waals surface area contributed by atoms with Crippen molar-refractivity contribution in [3.05, 3.63) is 28.8 Å². The highest BCUT2D eigenvalue weighted by molar-refractivity contribution is 6.30. The van der Waals surface area contributed by atoms with E-state index in [0.717, 1.165) is 37.6 Å². The van der Waals surface area contributed by atoms with E-state index in [9.17, 15) is 4.79 Å². The Morgan fingerprint density at radius 1 is 1.13 bits per heavy atom. The van der Waals surface area contributed by atoms with Crippen molar-refractivity contribution in [3.63, 3.8) is 0 Å². The predicted molar refractivity (Wildman–Crippen MR) is 96.2 cm³/mol. The smallest absolute Gasteiger partial charge is 0.222 e. The molecule has 3 nitrogen and oxygen atoms in total. The van der Waals surface area contributed by atoms with E-state index >= 15 is 0 Å². The highest BCUT2D eigenvalue weighted by atomic mass is 35.5. The summed E-state index contributed by atoms with van der Waals surface area (Å²) in [6.45, 7) is 5.61. The zero-order valence-electron chi connectivity index (χ0n) is 14.1. The van der Waals surface area contributed by atoms with Crippen molar-refractivity contribution in [2.45, 2.75) is 45.4 Å². The average Bonchev–Trinajstić information content (AvgIpc) is 2.56. The third kappa shape index (κ3) is 4.20. The van der Waals surface area contributed by atoms with Gasteiger partial charge in [-0.1, -0.05) is 30.9 Å². The van der Waals surface area contributed by atoms with Crippen LogP contribution in [-0.2, 0) is 4.79 Å². The van der Waals surface area contributed by atoms with Gasteiger partial charge in [-0.25, -0.2) is 0 Å². The van der Waals surface area contributed by atoms with Crippen molar-refractivity contribution >= 4 is 23.2 Å². The first kappa shape index (κ1) is 16.6. The fourth-order valence-electron chi connectivity index (χ4n) is 3.94. The highest BCUT2D eigenvalue weighted by Gasteiger charge is 2.25. The van der Waals surface area contributed by atoms with E-state index in [1.165, 1.54) is 43.4 Å². The van der Waals surface area contributed by atoms with Crippen LogP contribution in [0.4, 0.5) is 5.69 Å². The minimum Gasteiger partial charge on any atom is -0.368 e. The van der Waals surface area contributed by atoms with E-state index in [2.05, 4.69) is 22.8 Å². The van der Waals surface area contributed by atoms with Gasteiger partial charge in [-0.2, -0.15) is 0 Å². The van der Waals surface area contributed by atoms with E-state index in [1.807, 2.05) is 12.1 Å². The third-order valence-corrected chi connectivity index (χ3v) is 5.56. The fourth-order valence-corrected chi connectivity index (χ4v) is 4.16. The molecule has 1 amide bonds. The first-order chi connectivity index (χ1) is 11.1. The van der Waals surface area contributed by atoms with E-state index in [-0.39, 0.29) is 0 Å². The van der Waals surface area contributed by atoms with Crippen molar-refractivity contribution in [3.8, 4) is 0 Å². The van der Waals surface area contributed by atoms with Crippen molar-refractivity contribution in [2.24, 2.45) is 5.92 Å². The number of anilines is 1. The van der Waals surface area contributed by atoms with Crippen molar-refractivity contribution < 1.29 is 4.79 Å². The lowest BCUT2D eigenvalue weighted by Crippen LogP contribution is -2.49. The summed E-state index contributed by atoms with van der Waals surface area (Å²) in [6.07, 6.45) is 7.22. The summed E-state index contributed by atoms with van der Waals surface area (Å²) in [4.78, 5) is 16.9. The molecule has 1 saturated heterocycles. The normalized spacial score (nSPS) is 19.9. The van der Waals surface area contributed by atoms with E-state index < -0.39 is 0 Å². The number of halogens is 1. The van der Waals surface area contributed by atoms with E-state index in [1.54, 1.807) is 0 Å². The summed E-state index contributed by atoms with van der Waals surface area (Å²) in [5.41, 5.74) is 2.45. The molecule has 4 heteroatoms. The van der Waals surface area contributed by atoms with Gasteiger partial charge in [0, 0.05) is 43.3 Å². The molecule has 1 saturated carbocycles. The average molecular weight is 335 g/mol. The summed E-state index contributed by atoms with van der Waals surface area (Å²) in [5, 5.41) is 0.785. The number of hydrogen-bond acceptors (Lipinski definition) is 2. The summed E-state index contributed by atoms with van der Waals surface area (Å²) < 4.78 is 0. The standard InChI is InChI=1S/C19H27ClN2O/c1-15-13-17(20)7-8-18(15)21-9-11-22(12-10-21)19(23)14-16-5-3-2-4-6-16/h7-8,13,16H,2-6,9-12,14H2,1H3. The largest absolute Gasteiger partial charge is 0.368 e. The predicted octanol–water partition coefficient (Wildman–Crippen LogP) is 4.27. The van der Waals surface area contributed by atoms with Crippen LogP contribution in [0.3, 0.4) is 0 Å². The lowest BCUT2D eigenvalue weighted by Gasteiger charge is -2.37. The zero-order valence-corrected chi connectivity index (χ0v) is 14.8. The maximum atomic E-state index is 12.5. The number of amides is 1. The Labute approximate surface area is 144 Å². The molecule has 1 aliphatic heterocycles. The maximum absolute atomic E-state index is 12.5. The van der Waals surface area contributed by atoms with Crippen LogP contribution in [0.5, 0.6) is 0 Å².